The van der Waals surface area contributed by atoms with E-state index in [1.54, 1.807) is 57.6 Å². The second-order valence-corrected chi connectivity index (χ2v) is 11.7. The molecule has 1 heterocycles. The SMILES string of the molecule is COc1cc2c(c(OC)c1OC)-c1ccc(NC(CCSC)C(=O)Nc3ccc4nc[nH]c4c3)c(=O)cc1C(NC(C)=O)CC2. The monoisotopic (exact) mass is 631 g/mol. The molecule has 2 atom stereocenters. The molecule has 1 aliphatic carbocycles. The fourth-order valence-corrected chi connectivity index (χ4v) is 6.23. The summed E-state index contributed by atoms with van der Waals surface area (Å²) in [4.78, 5) is 46.9. The van der Waals surface area contributed by atoms with Gasteiger partial charge in [-0.05, 0) is 84.4 Å². The lowest BCUT2D eigenvalue weighted by Crippen LogP contribution is -2.36. The second kappa shape index (κ2) is 13.9. The van der Waals surface area contributed by atoms with Crippen molar-refractivity contribution in [3.63, 3.8) is 0 Å². The Labute approximate surface area is 265 Å². The number of aromatic amines is 1. The molecule has 0 saturated heterocycles. The van der Waals surface area contributed by atoms with E-state index < -0.39 is 12.1 Å². The molecule has 0 fully saturated rings. The van der Waals surface area contributed by atoms with Gasteiger partial charge in [0.25, 0.3) is 0 Å². The van der Waals surface area contributed by atoms with Crippen LogP contribution in [0.15, 0.2) is 53.6 Å². The van der Waals surface area contributed by atoms with Gasteiger partial charge in [0.05, 0.1) is 50.4 Å². The lowest BCUT2D eigenvalue weighted by molar-refractivity contribution is -0.120. The Balaban J connectivity index is 1.58. The Bertz CT molecular complexity index is 1790. The number of rotatable bonds is 11. The first kappa shape index (κ1) is 31.7. The molecule has 0 bridgehead atoms. The zero-order valence-corrected chi connectivity index (χ0v) is 26.7. The number of carbonyl (C=O) groups excluding carboxylic acids is 2. The number of ether oxygens (including phenoxy) is 3. The van der Waals surface area contributed by atoms with E-state index in [9.17, 15) is 14.4 Å². The molecule has 0 spiro atoms. The Morgan fingerprint density at radius 2 is 1.87 bits per heavy atom. The molecule has 1 aliphatic rings. The summed E-state index contributed by atoms with van der Waals surface area (Å²) >= 11 is 1.61. The van der Waals surface area contributed by atoms with Crippen molar-refractivity contribution in [3.8, 4) is 28.4 Å². The molecule has 0 radical (unpaired) electrons. The predicted molar refractivity (Wildman–Crippen MR) is 178 cm³/mol. The zero-order valence-electron chi connectivity index (χ0n) is 25.9. The van der Waals surface area contributed by atoms with Crippen molar-refractivity contribution in [2.45, 2.75) is 38.3 Å². The maximum atomic E-state index is 13.8. The van der Waals surface area contributed by atoms with E-state index in [1.807, 2.05) is 30.5 Å². The zero-order chi connectivity index (χ0) is 32.1. The number of H-pyrrole nitrogens is 1. The van der Waals surface area contributed by atoms with Crippen LogP contribution < -0.4 is 35.6 Å². The van der Waals surface area contributed by atoms with E-state index in [0.717, 1.165) is 22.2 Å². The van der Waals surface area contributed by atoms with Gasteiger partial charge in [-0.2, -0.15) is 11.8 Å². The summed E-state index contributed by atoms with van der Waals surface area (Å²) in [5.41, 5.74) is 5.21. The summed E-state index contributed by atoms with van der Waals surface area (Å²) < 4.78 is 17.1. The number of hydrogen-bond acceptors (Lipinski definition) is 9. The Hall–Kier alpha value is -4.71. The van der Waals surface area contributed by atoms with E-state index >= 15 is 0 Å². The van der Waals surface area contributed by atoms with Gasteiger partial charge in [0.1, 0.15) is 6.04 Å². The highest BCUT2D eigenvalue weighted by molar-refractivity contribution is 7.98. The number of aromatic nitrogens is 2. The van der Waals surface area contributed by atoms with E-state index in [-0.39, 0.29) is 22.9 Å². The van der Waals surface area contributed by atoms with Crippen LogP contribution in [0.4, 0.5) is 11.4 Å². The molecule has 2 unspecified atom stereocenters. The molecule has 2 amide bonds. The topological polar surface area (TPSA) is 144 Å². The summed E-state index contributed by atoms with van der Waals surface area (Å²) in [6, 6.07) is 11.3. The van der Waals surface area contributed by atoms with Crippen LogP contribution in [0.2, 0.25) is 0 Å². The number of methoxy groups -OCH3 is 3. The average Bonchev–Trinajstić information content (AvgIpc) is 3.38. The number of aryl methyl sites for hydroxylation is 1. The van der Waals surface area contributed by atoms with Gasteiger partial charge in [0, 0.05) is 18.2 Å². The third-order valence-electron chi connectivity index (χ3n) is 7.86. The van der Waals surface area contributed by atoms with Crippen molar-refractivity contribution in [1.82, 2.24) is 15.3 Å². The van der Waals surface area contributed by atoms with Crippen molar-refractivity contribution >= 4 is 46.0 Å². The van der Waals surface area contributed by atoms with Crippen molar-refractivity contribution in [1.29, 1.82) is 0 Å². The Kier molecular flexibility index (Phi) is 9.82. The summed E-state index contributed by atoms with van der Waals surface area (Å²) in [6.07, 6.45) is 5.19. The first-order valence-corrected chi connectivity index (χ1v) is 15.9. The minimum absolute atomic E-state index is 0.210. The third-order valence-corrected chi connectivity index (χ3v) is 8.50. The minimum atomic E-state index is -0.692. The van der Waals surface area contributed by atoms with Gasteiger partial charge in [0.15, 0.2) is 11.5 Å². The molecular formula is C33H37N5O6S. The van der Waals surface area contributed by atoms with Gasteiger partial charge >= 0.3 is 0 Å². The minimum Gasteiger partial charge on any atom is -0.493 e. The van der Waals surface area contributed by atoms with E-state index in [2.05, 4.69) is 25.9 Å². The fraction of sp³-hybridized carbons (Fsp3) is 0.333. The van der Waals surface area contributed by atoms with Crippen LogP contribution in [-0.2, 0) is 16.0 Å². The van der Waals surface area contributed by atoms with Gasteiger partial charge in [-0.3, -0.25) is 14.4 Å². The highest BCUT2D eigenvalue weighted by Crippen LogP contribution is 2.50. The molecule has 45 heavy (non-hydrogen) atoms. The highest BCUT2D eigenvalue weighted by Gasteiger charge is 2.30. The fourth-order valence-electron chi connectivity index (χ4n) is 5.76. The molecular weight excluding hydrogens is 594 g/mol. The molecule has 3 aromatic carbocycles. The highest BCUT2D eigenvalue weighted by atomic mass is 32.2. The average molecular weight is 632 g/mol. The van der Waals surface area contributed by atoms with Crippen LogP contribution in [0, 0.1) is 0 Å². The van der Waals surface area contributed by atoms with Gasteiger partial charge < -0.3 is 35.1 Å². The molecule has 11 nitrogen and oxygen atoms in total. The number of nitrogens with one attached hydrogen (secondary N) is 4. The number of nitrogens with zero attached hydrogens (tertiary/aromatic N) is 1. The van der Waals surface area contributed by atoms with Gasteiger partial charge in [-0.15, -0.1) is 0 Å². The van der Waals surface area contributed by atoms with Crippen molar-refractivity contribution < 1.29 is 23.8 Å². The number of benzene rings is 2. The molecule has 0 aliphatic heterocycles. The Morgan fingerprint density at radius 3 is 2.58 bits per heavy atom. The molecule has 4 aromatic rings. The van der Waals surface area contributed by atoms with Crippen LogP contribution in [-0.4, -0.2) is 61.2 Å². The maximum absolute atomic E-state index is 13.8. The van der Waals surface area contributed by atoms with Gasteiger partial charge in [0.2, 0.25) is 23.0 Å². The lowest BCUT2D eigenvalue weighted by atomic mass is 9.95. The number of thioether (sulfide) groups is 1. The quantitative estimate of drug-likeness (QED) is 0.182. The van der Waals surface area contributed by atoms with Crippen molar-refractivity contribution in [2.24, 2.45) is 0 Å². The largest absolute Gasteiger partial charge is 0.493 e. The molecule has 4 N–H and O–H groups in total. The smallest absolute Gasteiger partial charge is 0.246 e. The first-order valence-electron chi connectivity index (χ1n) is 14.5. The molecule has 0 saturated carbocycles. The number of anilines is 2. The number of carbonyl (C=O) groups is 2. The van der Waals surface area contributed by atoms with E-state index in [1.165, 1.54) is 6.92 Å². The normalized spacial score (nSPS) is 14.4. The van der Waals surface area contributed by atoms with E-state index in [4.69, 9.17) is 14.2 Å². The second-order valence-electron chi connectivity index (χ2n) is 10.7. The molecule has 5 rings (SSSR count). The first-order chi connectivity index (χ1) is 21.8. The van der Waals surface area contributed by atoms with Gasteiger partial charge in [-0.25, -0.2) is 4.98 Å². The molecule has 1 aromatic heterocycles. The van der Waals surface area contributed by atoms with Crippen LogP contribution in [0.25, 0.3) is 22.2 Å². The number of amides is 2. The van der Waals surface area contributed by atoms with Crippen LogP contribution in [0.1, 0.15) is 36.9 Å². The van der Waals surface area contributed by atoms with Crippen molar-refractivity contribution in [2.75, 3.05) is 44.0 Å². The molecule has 236 valence electrons. The summed E-state index contributed by atoms with van der Waals surface area (Å²) in [7, 11) is 4.66. The Morgan fingerprint density at radius 1 is 1.07 bits per heavy atom. The standard InChI is InChI=1S/C33H37N5O6S/c1-18(39)36-23-9-6-19-14-29(42-2)31(43-3)32(44-4)30(19)21-8-11-25(28(40)16-22(21)23)38-26(12-13-45-5)33(41)37-20-7-10-24-27(15-20)35-17-34-24/h7-8,10-11,14-17,23,26H,6,9,12-13H2,1-5H3,(H,34,35)(H,36,39)(H,37,41)(H,38,40). The number of fused-ring (bicyclic) bond motifs is 4. The van der Waals surface area contributed by atoms with Crippen LogP contribution in [0.3, 0.4) is 0 Å². The molecule has 12 heteroatoms. The van der Waals surface area contributed by atoms with Gasteiger partial charge in [-0.1, -0.05) is 6.07 Å². The third kappa shape index (κ3) is 6.70. The number of imidazole rings is 1. The predicted octanol–water partition coefficient (Wildman–Crippen LogP) is 4.91. The summed E-state index contributed by atoms with van der Waals surface area (Å²) in [5, 5.41) is 9.21. The van der Waals surface area contributed by atoms with E-state index in [0.29, 0.717) is 59.1 Å². The summed E-state index contributed by atoms with van der Waals surface area (Å²) in [5.74, 6) is 1.64. The summed E-state index contributed by atoms with van der Waals surface area (Å²) in [6.45, 7) is 1.46. The van der Waals surface area contributed by atoms with Crippen LogP contribution >= 0.6 is 11.8 Å². The maximum Gasteiger partial charge on any atom is 0.246 e. The number of hydrogen-bond donors (Lipinski definition) is 4. The lowest BCUT2D eigenvalue weighted by Gasteiger charge is -2.19. The van der Waals surface area contributed by atoms with Crippen molar-refractivity contribution in [3.05, 3.63) is 70.1 Å². The van der Waals surface area contributed by atoms with Crippen LogP contribution in [0.5, 0.6) is 17.2 Å².